The lowest BCUT2D eigenvalue weighted by atomic mass is 10.1. The topological polar surface area (TPSA) is 25.2 Å². The van der Waals surface area contributed by atoms with Gasteiger partial charge in [-0.05, 0) is 37.1 Å². The van der Waals surface area contributed by atoms with Crippen molar-refractivity contribution in [2.45, 2.75) is 23.8 Å². The average Bonchev–Trinajstić information content (AvgIpc) is 3.08. The third-order valence-corrected chi connectivity index (χ3v) is 5.56. The molecule has 3 rings (SSSR count). The average molecular weight is 302 g/mol. The van der Waals surface area contributed by atoms with Crippen molar-refractivity contribution in [3.8, 4) is 0 Å². The predicted molar refractivity (Wildman–Crippen MR) is 86.9 cm³/mol. The molecule has 1 aromatic carbocycles. The Labute approximate surface area is 129 Å². The molecule has 3 nitrogen and oxygen atoms in total. The summed E-state index contributed by atoms with van der Waals surface area (Å²) in [5.74, 6) is 0.734. The Balaban J connectivity index is 1.45. The van der Waals surface area contributed by atoms with E-state index >= 15 is 0 Å². The smallest absolute Gasteiger partial charge is 0.0542 e. The summed E-state index contributed by atoms with van der Waals surface area (Å²) >= 11 is 0. The first-order valence-corrected chi connectivity index (χ1v) is 8.93. The Kier molecular flexibility index (Phi) is 4.88. The van der Waals surface area contributed by atoms with Crippen molar-refractivity contribution in [3.63, 3.8) is 0 Å². The van der Waals surface area contributed by atoms with Gasteiger partial charge in [0.2, 0.25) is 0 Å². The van der Waals surface area contributed by atoms with E-state index < -0.39 is 10.8 Å². The molecule has 0 spiro atoms. The maximum absolute atomic E-state index is 12.2. The standard InChI is InChI=1S/C17H22N2OS/c20-21(17-6-2-1-3-7-17)15-14-18-12-8-16(9-13-18)19-10-4-5-11-19/h1-7,10-11,16H,8-9,12-15H2/t21-/m0/s1. The van der Waals surface area contributed by atoms with E-state index in [2.05, 4.69) is 34.0 Å². The van der Waals surface area contributed by atoms with Crippen molar-refractivity contribution >= 4 is 10.8 Å². The SMILES string of the molecule is O=[S@@](CCN1CCC(n2cccc2)CC1)c1ccccc1. The van der Waals surface area contributed by atoms with Crippen molar-refractivity contribution in [3.05, 3.63) is 54.9 Å². The minimum absolute atomic E-state index is 0.635. The van der Waals surface area contributed by atoms with E-state index in [0.717, 1.165) is 30.3 Å². The van der Waals surface area contributed by atoms with Crippen LogP contribution in [-0.4, -0.2) is 39.1 Å². The molecule has 0 aliphatic carbocycles. The number of benzene rings is 1. The lowest BCUT2D eigenvalue weighted by Crippen LogP contribution is -2.36. The second-order valence-electron chi connectivity index (χ2n) is 5.57. The van der Waals surface area contributed by atoms with Gasteiger partial charge in [-0.2, -0.15) is 0 Å². The number of hydrogen-bond donors (Lipinski definition) is 0. The summed E-state index contributed by atoms with van der Waals surface area (Å²) in [5, 5.41) is 0. The fourth-order valence-electron chi connectivity index (χ4n) is 2.93. The molecule has 2 aromatic rings. The second kappa shape index (κ2) is 7.05. The molecule has 1 fully saturated rings. The minimum Gasteiger partial charge on any atom is -0.351 e. The number of rotatable bonds is 5. The van der Waals surface area contributed by atoms with Crippen LogP contribution in [0.2, 0.25) is 0 Å². The fraction of sp³-hybridized carbons (Fsp3) is 0.412. The number of likely N-dealkylation sites (tertiary alicyclic amines) is 1. The number of nitrogens with zero attached hydrogens (tertiary/aromatic N) is 2. The highest BCUT2D eigenvalue weighted by atomic mass is 32.2. The van der Waals surface area contributed by atoms with E-state index in [1.54, 1.807) is 0 Å². The molecule has 0 unspecified atom stereocenters. The van der Waals surface area contributed by atoms with Crippen LogP contribution in [0.3, 0.4) is 0 Å². The molecule has 1 saturated heterocycles. The number of aromatic nitrogens is 1. The highest BCUT2D eigenvalue weighted by Crippen LogP contribution is 2.22. The molecule has 0 bridgehead atoms. The molecule has 21 heavy (non-hydrogen) atoms. The number of piperidine rings is 1. The summed E-state index contributed by atoms with van der Waals surface area (Å²) < 4.78 is 14.5. The van der Waals surface area contributed by atoms with E-state index in [-0.39, 0.29) is 0 Å². The highest BCUT2D eigenvalue weighted by molar-refractivity contribution is 7.85. The third-order valence-electron chi connectivity index (χ3n) is 4.21. The Hall–Kier alpha value is -1.39. The van der Waals surface area contributed by atoms with E-state index in [0.29, 0.717) is 6.04 Å². The van der Waals surface area contributed by atoms with Gasteiger partial charge in [0.25, 0.3) is 0 Å². The van der Waals surface area contributed by atoms with Gasteiger partial charge in [-0.25, -0.2) is 0 Å². The monoisotopic (exact) mass is 302 g/mol. The maximum Gasteiger partial charge on any atom is 0.0542 e. The molecule has 0 N–H and O–H groups in total. The van der Waals surface area contributed by atoms with Crippen molar-refractivity contribution in [2.75, 3.05) is 25.4 Å². The number of hydrogen-bond acceptors (Lipinski definition) is 2. The molecule has 1 atom stereocenters. The van der Waals surface area contributed by atoms with E-state index in [4.69, 9.17) is 0 Å². The first kappa shape index (κ1) is 14.5. The highest BCUT2D eigenvalue weighted by Gasteiger charge is 2.20. The van der Waals surface area contributed by atoms with Crippen molar-refractivity contribution < 1.29 is 4.21 Å². The third kappa shape index (κ3) is 3.83. The summed E-state index contributed by atoms with van der Waals surface area (Å²) in [6.07, 6.45) is 6.69. The first-order valence-electron chi connectivity index (χ1n) is 7.61. The van der Waals surface area contributed by atoms with Crippen LogP contribution in [-0.2, 0) is 10.8 Å². The molecule has 112 valence electrons. The van der Waals surface area contributed by atoms with Gasteiger partial charge in [0.15, 0.2) is 0 Å². The van der Waals surface area contributed by atoms with Crippen molar-refractivity contribution in [1.82, 2.24) is 9.47 Å². The van der Waals surface area contributed by atoms with E-state index in [9.17, 15) is 4.21 Å². The van der Waals surface area contributed by atoms with Crippen LogP contribution >= 0.6 is 0 Å². The van der Waals surface area contributed by atoms with Gasteiger partial charge >= 0.3 is 0 Å². The lowest BCUT2D eigenvalue weighted by Gasteiger charge is -2.32. The molecule has 1 aliphatic rings. The molecule has 0 radical (unpaired) electrons. The van der Waals surface area contributed by atoms with Crippen LogP contribution in [0, 0.1) is 0 Å². The zero-order valence-corrected chi connectivity index (χ0v) is 13.0. The summed E-state index contributed by atoms with van der Waals surface area (Å²) in [4.78, 5) is 3.39. The maximum atomic E-state index is 12.2. The zero-order chi connectivity index (χ0) is 14.5. The van der Waals surface area contributed by atoms with E-state index in [1.807, 2.05) is 30.3 Å². The predicted octanol–water partition coefficient (Wildman–Crippen LogP) is 2.93. The molecular weight excluding hydrogens is 280 g/mol. The molecule has 0 amide bonds. The summed E-state index contributed by atoms with van der Waals surface area (Å²) in [6.45, 7) is 3.14. The quantitative estimate of drug-likeness (QED) is 0.848. The van der Waals surface area contributed by atoms with Gasteiger partial charge < -0.3 is 9.47 Å². The van der Waals surface area contributed by atoms with Gasteiger partial charge in [0.1, 0.15) is 0 Å². The van der Waals surface area contributed by atoms with Crippen molar-refractivity contribution in [1.29, 1.82) is 0 Å². The Morgan fingerprint density at radius 3 is 2.33 bits per heavy atom. The van der Waals surface area contributed by atoms with Gasteiger partial charge in [-0.3, -0.25) is 4.21 Å². The lowest BCUT2D eigenvalue weighted by molar-refractivity contribution is 0.196. The Morgan fingerprint density at radius 1 is 1.00 bits per heavy atom. The summed E-state index contributed by atoms with van der Waals surface area (Å²) in [7, 11) is -0.870. The molecule has 2 heterocycles. The van der Waals surface area contributed by atoms with Crippen LogP contribution in [0.4, 0.5) is 0 Å². The largest absolute Gasteiger partial charge is 0.351 e. The molecular formula is C17H22N2OS. The van der Waals surface area contributed by atoms with Crippen LogP contribution < -0.4 is 0 Å². The Morgan fingerprint density at radius 2 is 1.67 bits per heavy atom. The van der Waals surface area contributed by atoms with Crippen molar-refractivity contribution in [2.24, 2.45) is 0 Å². The summed E-state index contributed by atoms with van der Waals surface area (Å²) in [5.41, 5.74) is 0. The van der Waals surface area contributed by atoms with Crippen LogP contribution in [0.25, 0.3) is 0 Å². The van der Waals surface area contributed by atoms with E-state index in [1.165, 1.54) is 12.8 Å². The van der Waals surface area contributed by atoms with Crippen LogP contribution in [0.1, 0.15) is 18.9 Å². The Bertz CT molecular complexity index is 560. The molecule has 0 saturated carbocycles. The molecule has 1 aliphatic heterocycles. The molecule has 4 heteroatoms. The van der Waals surface area contributed by atoms with Gasteiger partial charge in [0.05, 0.1) is 10.8 Å². The van der Waals surface area contributed by atoms with Crippen LogP contribution in [0.5, 0.6) is 0 Å². The minimum atomic E-state index is -0.870. The molecule has 1 aromatic heterocycles. The fourth-order valence-corrected chi connectivity index (χ4v) is 4.05. The van der Waals surface area contributed by atoms with Gasteiger partial charge in [-0.1, -0.05) is 18.2 Å². The zero-order valence-electron chi connectivity index (χ0n) is 12.2. The van der Waals surface area contributed by atoms with Gasteiger partial charge in [-0.15, -0.1) is 0 Å². The first-order chi connectivity index (χ1) is 10.3. The summed E-state index contributed by atoms with van der Waals surface area (Å²) in [6, 6.07) is 14.6. The van der Waals surface area contributed by atoms with Gasteiger partial charge in [0, 0.05) is 48.7 Å². The second-order valence-corrected chi connectivity index (χ2v) is 7.14. The normalized spacial score (nSPS) is 18.7. The van der Waals surface area contributed by atoms with Crippen LogP contribution in [0.15, 0.2) is 59.8 Å².